The third-order valence-corrected chi connectivity index (χ3v) is 4.00. The van der Waals surface area contributed by atoms with Gasteiger partial charge in [-0.3, -0.25) is 4.79 Å². The van der Waals surface area contributed by atoms with E-state index in [1.54, 1.807) is 18.5 Å². The van der Waals surface area contributed by atoms with Crippen LogP contribution >= 0.6 is 11.8 Å². The Balaban J connectivity index is 2.18. The normalized spacial score (nSPS) is 18.9. The van der Waals surface area contributed by atoms with Gasteiger partial charge in [0.05, 0.1) is 0 Å². The Labute approximate surface area is 92.1 Å². The molecule has 1 aromatic heterocycles. The van der Waals surface area contributed by atoms with E-state index in [-0.39, 0.29) is 0 Å². The third-order valence-electron chi connectivity index (χ3n) is 2.63. The highest BCUT2D eigenvalue weighted by Gasteiger charge is 2.43. The molecule has 1 heterocycles. The first kappa shape index (κ1) is 10.4. The zero-order valence-electron chi connectivity index (χ0n) is 8.22. The topological polar surface area (TPSA) is 63.1 Å². The molecule has 1 fully saturated rings. The lowest BCUT2D eigenvalue weighted by molar-refractivity contribution is -0.139. The average Bonchev–Trinajstić information content (AvgIpc) is 2.69. The fourth-order valence-electron chi connectivity index (χ4n) is 1.82. The van der Waals surface area contributed by atoms with Crippen LogP contribution in [0.5, 0.6) is 0 Å². The molecular formula is C10H12N2O2S. The van der Waals surface area contributed by atoms with E-state index in [9.17, 15) is 9.90 Å². The van der Waals surface area contributed by atoms with E-state index in [1.807, 2.05) is 0 Å². The molecule has 2 rings (SSSR count). The molecule has 4 nitrogen and oxygen atoms in total. The second-order valence-corrected chi connectivity index (χ2v) is 4.99. The minimum Gasteiger partial charge on any atom is -0.480 e. The lowest BCUT2D eigenvalue weighted by atomic mass is 10.1. The third kappa shape index (κ3) is 2.12. The maximum absolute atomic E-state index is 11.3. The molecule has 0 saturated heterocycles. The molecule has 0 atom stereocenters. The van der Waals surface area contributed by atoms with Crippen LogP contribution in [0.25, 0.3) is 0 Å². The Kier molecular flexibility index (Phi) is 2.90. The molecule has 0 spiro atoms. The lowest BCUT2D eigenvalue weighted by Gasteiger charge is -2.21. The zero-order chi connectivity index (χ0) is 10.7. The number of aliphatic carboxylic acids is 1. The molecule has 1 aromatic rings. The molecule has 0 unspecified atom stereocenters. The van der Waals surface area contributed by atoms with Gasteiger partial charge in [-0.2, -0.15) is 0 Å². The molecule has 1 aliphatic rings. The minimum atomic E-state index is -0.738. The van der Waals surface area contributed by atoms with Crippen molar-refractivity contribution in [1.29, 1.82) is 0 Å². The van der Waals surface area contributed by atoms with Gasteiger partial charge in [0.2, 0.25) is 0 Å². The molecule has 0 aliphatic heterocycles. The second-order valence-electron chi connectivity index (χ2n) is 3.64. The number of carboxylic acid groups (broad SMARTS) is 1. The first-order valence-corrected chi connectivity index (χ1v) is 5.74. The maximum atomic E-state index is 11.3. The molecule has 0 bridgehead atoms. The van der Waals surface area contributed by atoms with Gasteiger partial charge >= 0.3 is 5.97 Å². The minimum absolute atomic E-state index is 0.557. The van der Waals surface area contributed by atoms with Crippen LogP contribution in [0.1, 0.15) is 25.7 Å². The number of nitrogens with zero attached hydrogens (tertiary/aromatic N) is 2. The zero-order valence-corrected chi connectivity index (χ0v) is 9.04. The summed E-state index contributed by atoms with van der Waals surface area (Å²) in [4.78, 5) is 19.4. The number of aromatic nitrogens is 2. The van der Waals surface area contributed by atoms with Gasteiger partial charge < -0.3 is 5.11 Å². The van der Waals surface area contributed by atoms with Crippen molar-refractivity contribution in [3.8, 4) is 0 Å². The van der Waals surface area contributed by atoms with Crippen molar-refractivity contribution in [2.45, 2.75) is 35.6 Å². The van der Waals surface area contributed by atoms with Crippen molar-refractivity contribution in [3.05, 3.63) is 18.5 Å². The van der Waals surface area contributed by atoms with E-state index in [4.69, 9.17) is 0 Å². The largest absolute Gasteiger partial charge is 0.480 e. The summed E-state index contributed by atoms with van der Waals surface area (Å²) in [5, 5.41) is 9.81. The van der Waals surface area contributed by atoms with Crippen LogP contribution in [-0.4, -0.2) is 25.8 Å². The van der Waals surface area contributed by atoms with Crippen LogP contribution < -0.4 is 0 Å². The summed E-state index contributed by atoms with van der Waals surface area (Å²) in [6.07, 6.45) is 6.66. The summed E-state index contributed by atoms with van der Waals surface area (Å²) < 4.78 is -0.693. The van der Waals surface area contributed by atoms with Crippen LogP contribution in [0.2, 0.25) is 0 Å². The van der Waals surface area contributed by atoms with Gasteiger partial charge in [0.1, 0.15) is 4.75 Å². The first-order valence-electron chi connectivity index (χ1n) is 4.92. The van der Waals surface area contributed by atoms with E-state index in [1.165, 1.54) is 11.8 Å². The van der Waals surface area contributed by atoms with Crippen molar-refractivity contribution in [2.24, 2.45) is 0 Å². The van der Waals surface area contributed by atoms with Gasteiger partial charge in [0.15, 0.2) is 5.16 Å². The van der Waals surface area contributed by atoms with E-state index in [0.717, 1.165) is 12.8 Å². The standard InChI is InChI=1S/C10H12N2O2S/c13-8(14)10(4-1-2-5-10)15-9-11-6-3-7-12-9/h3,6-7H,1-2,4-5H2,(H,13,14). The summed E-state index contributed by atoms with van der Waals surface area (Å²) in [6, 6.07) is 1.73. The highest BCUT2D eigenvalue weighted by Crippen LogP contribution is 2.44. The number of rotatable bonds is 3. The van der Waals surface area contributed by atoms with Gasteiger partial charge in [0.25, 0.3) is 0 Å². The molecular weight excluding hydrogens is 212 g/mol. The Morgan fingerprint density at radius 1 is 1.33 bits per heavy atom. The van der Waals surface area contributed by atoms with E-state index >= 15 is 0 Å². The van der Waals surface area contributed by atoms with Crippen LogP contribution in [0.3, 0.4) is 0 Å². The molecule has 1 aliphatic carbocycles. The van der Waals surface area contributed by atoms with Crippen molar-refractivity contribution in [3.63, 3.8) is 0 Å². The summed E-state index contributed by atoms with van der Waals surface area (Å²) in [5.41, 5.74) is 0. The maximum Gasteiger partial charge on any atom is 0.320 e. The Bertz CT molecular complexity index is 350. The number of hydrogen-bond donors (Lipinski definition) is 1. The van der Waals surface area contributed by atoms with Crippen molar-refractivity contribution in [2.75, 3.05) is 0 Å². The van der Waals surface area contributed by atoms with Gasteiger partial charge in [-0.25, -0.2) is 9.97 Å². The fraction of sp³-hybridized carbons (Fsp3) is 0.500. The predicted molar refractivity (Wildman–Crippen MR) is 56.7 cm³/mol. The molecule has 80 valence electrons. The van der Waals surface area contributed by atoms with Crippen LogP contribution in [0.15, 0.2) is 23.6 Å². The van der Waals surface area contributed by atoms with Crippen molar-refractivity contribution >= 4 is 17.7 Å². The van der Waals surface area contributed by atoms with Crippen LogP contribution in [-0.2, 0) is 4.79 Å². The number of thioether (sulfide) groups is 1. The predicted octanol–water partition coefficient (Wildman–Crippen LogP) is 1.97. The average molecular weight is 224 g/mol. The molecule has 0 aromatic carbocycles. The molecule has 0 radical (unpaired) electrons. The SMILES string of the molecule is O=C(O)C1(Sc2ncccn2)CCCC1. The second kappa shape index (κ2) is 4.18. The Morgan fingerprint density at radius 2 is 1.93 bits per heavy atom. The molecule has 0 amide bonds. The van der Waals surface area contributed by atoms with Crippen LogP contribution in [0, 0.1) is 0 Å². The molecule has 1 N–H and O–H groups in total. The Hall–Kier alpha value is -1.10. The number of hydrogen-bond acceptors (Lipinski definition) is 4. The smallest absolute Gasteiger partial charge is 0.320 e. The summed E-state index contributed by atoms with van der Waals surface area (Å²) in [7, 11) is 0. The molecule has 5 heteroatoms. The first-order chi connectivity index (χ1) is 7.23. The van der Waals surface area contributed by atoms with Gasteiger partial charge in [0, 0.05) is 12.4 Å². The highest BCUT2D eigenvalue weighted by molar-refractivity contribution is 8.01. The van der Waals surface area contributed by atoms with Gasteiger partial charge in [-0.1, -0.05) is 24.6 Å². The van der Waals surface area contributed by atoms with E-state index < -0.39 is 10.7 Å². The fourth-order valence-corrected chi connectivity index (χ4v) is 2.98. The number of carbonyl (C=O) groups is 1. The van der Waals surface area contributed by atoms with E-state index in [0.29, 0.717) is 18.0 Å². The number of carboxylic acids is 1. The van der Waals surface area contributed by atoms with Gasteiger partial charge in [-0.15, -0.1) is 0 Å². The molecule has 1 saturated carbocycles. The quantitative estimate of drug-likeness (QED) is 0.795. The van der Waals surface area contributed by atoms with Gasteiger partial charge in [-0.05, 0) is 18.9 Å². The monoisotopic (exact) mass is 224 g/mol. The summed E-state index contributed by atoms with van der Waals surface area (Å²) in [5.74, 6) is -0.738. The highest BCUT2D eigenvalue weighted by atomic mass is 32.2. The van der Waals surface area contributed by atoms with Crippen LogP contribution in [0.4, 0.5) is 0 Å². The lowest BCUT2D eigenvalue weighted by Crippen LogP contribution is -2.31. The summed E-state index contributed by atoms with van der Waals surface area (Å²) in [6.45, 7) is 0. The van der Waals surface area contributed by atoms with Crippen molar-refractivity contribution < 1.29 is 9.90 Å². The Morgan fingerprint density at radius 3 is 2.47 bits per heavy atom. The van der Waals surface area contributed by atoms with E-state index in [2.05, 4.69) is 9.97 Å². The summed E-state index contributed by atoms with van der Waals surface area (Å²) >= 11 is 1.28. The van der Waals surface area contributed by atoms with Crippen molar-refractivity contribution in [1.82, 2.24) is 9.97 Å². The molecule has 15 heavy (non-hydrogen) atoms.